The highest BCUT2D eigenvalue weighted by atomic mass is 16.5. The van der Waals surface area contributed by atoms with Crippen molar-refractivity contribution < 1.29 is 9.53 Å². The van der Waals surface area contributed by atoms with E-state index in [-0.39, 0.29) is 11.9 Å². The van der Waals surface area contributed by atoms with Crippen molar-refractivity contribution in [1.82, 2.24) is 0 Å². The molecule has 5 rings (SSSR count). The molecular weight excluding hydrogens is 422 g/mol. The van der Waals surface area contributed by atoms with E-state index >= 15 is 0 Å². The van der Waals surface area contributed by atoms with E-state index in [1.165, 1.54) is 5.56 Å². The lowest BCUT2D eigenvalue weighted by Gasteiger charge is -2.23. The molecule has 0 saturated carbocycles. The van der Waals surface area contributed by atoms with E-state index in [0.29, 0.717) is 5.56 Å². The average Bonchev–Trinajstić information content (AvgIpc) is 3.36. The third-order valence-corrected chi connectivity index (χ3v) is 5.94. The standard InChI is InChI=1S/C29H25N3O2/c1-34-26-18-14-23(15-19-26)29(33)30-24-16-12-21(13-17-24)27-20-28(22-8-4-2-5-9-22)32(31-27)25-10-6-3-7-11-25/h2-19,28H,20H2,1H3,(H,30,33). The maximum absolute atomic E-state index is 12.6. The van der Waals surface area contributed by atoms with Gasteiger partial charge in [0.25, 0.3) is 5.91 Å². The van der Waals surface area contributed by atoms with E-state index in [2.05, 4.69) is 46.7 Å². The zero-order valence-electron chi connectivity index (χ0n) is 18.9. The van der Waals surface area contributed by atoms with Crippen molar-refractivity contribution in [2.75, 3.05) is 17.4 Å². The molecule has 0 aromatic heterocycles. The van der Waals surface area contributed by atoms with Crippen molar-refractivity contribution in [2.24, 2.45) is 5.10 Å². The summed E-state index contributed by atoms with van der Waals surface area (Å²) in [5.74, 6) is 0.560. The highest BCUT2D eigenvalue weighted by Crippen LogP contribution is 2.36. The molecule has 4 aromatic rings. The van der Waals surface area contributed by atoms with Gasteiger partial charge in [-0.1, -0.05) is 60.7 Å². The zero-order chi connectivity index (χ0) is 23.3. The number of nitrogens with one attached hydrogen (secondary N) is 1. The van der Waals surface area contributed by atoms with Crippen molar-refractivity contribution in [3.63, 3.8) is 0 Å². The van der Waals surface area contributed by atoms with Gasteiger partial charge in [-0.15, -0.1) is 0 Å². The van der Waals surface area contributed by atoms with Gasteiger partial charge < -0.3 is 10.1 Å². The SMILES string of the molecule is COc1ccc(C(=O)Nc2ccc(C3=NN(c4ccccc4)C(c4ccccc4)C3)cc2)cc1. The number of anilines is 2. The van der Waals surface area contributed by atoms with E-state index in [1.54, 1.807) is 31.4 Å². The van der Waals surface area contributed by atoms with E-state index in [0.717, 1.165) is 34.8 Å². The van der Waals surface area contributed by atoms with E-state index in [9.17, 15) is 4.79 Å². The average molecular weight is 448 g/mol. The van der Waals surface area contributed by atoms with Gasteiger partial charge in [0.2, 0.25) is 0 Å². The fraction of sp³-hybridized carbons (Fsp3) is 0.103. The van der Waals surface area contributed by atoms with E-state index < -0.39 is 0 Å². The molecule has 5 nitrogen and oxygen atoms in total. The Morgan fingerprint density at radius 3 is 2.15 bits per heavy atom. The van der Waals surface area contributed by atoms with Crippen LogP contribution in [0.15, 0.2) is 114 Å². The van der Waals surface area contributed by atoms with Crippen LogP contribution in [0.25, 0.3) is 0 Å². The summed E-state index contributed by atoms with van der Waals surface area (Å²) in [4.78, 5) is 12.6. The number of carbonyl (C=O) groups excluding carboxylic acids is 1. The van der Waals surface area contributed by atoms with Crippen molar-refractivity contribution in [2.45, 2.75) is 12.5 Å². The summed E-state index contributed by atoms with van der Waals surface area (Å²) < 4.78 is 5.15. The van der Waals surface area contributed by atoms with Crippen molar-refractivity contribution in [3.8, 4) is 5.75 Å². The van der Waals surface area contributed by atoms with Crippen LogP contribution in [0, 0.1) is 0 Å². The Morgan fingerprint density at radius 2 is 1.50 bits per heavy atom. The van der Waals surface area contributed by atoms with Gasteiger partial charge in [0.15, 0.2) is 0 Å². The molecule has 1 N–H and O–H groups in total. The molecule has 0 spiro atoms. The maximum Gasteiger partial charge on any atom is 0.255 e. The lowest BCUT2D eigenvalue weighted by Crippen LogP contribution is -2.18. The summed E-state index contributed by atoms with van der Waals surface area (Å²) >= 11 is 0. The molecule has 0 bridgehead atoms. The molecule has 0 saturated heterocycles. The monoisotopic (exact) mass is 447 g/mol. The lowest BCUT2D eigenvalue weighted by atomic mass is 9.98. The van der Waals surface area contributed by atoms with Crippen LogP contribution < -0.4 is 15.1 Å². The molecule has 0 aliphatic carbocycles. The Morgan fingerprint density at radius 1 is 0.853 bits per heavy atom. The highest BCUT2D eigenvalue weighted by molar-refractivity contribution is 6.06. The Bertz CT molecular complexity index is 1290. The summed E-state index contributed by atoms with van der Waals surface area (Å²) in [6.45, 7) is 0. The molecule has 1 atom stereocenters. The smallest absolute Gasteiger partial charge is 0.255 e. The molecular formula is C29H25N3O2. The fourth-order valence-corrected chi connectivity index (χ4v) is 4.13. The van der Waals surface area contributed by atoms with Gasteiger partial charge in [-0.2, -0.15) is 5.10 Å². The quantitative estimate of drug-likeness (QED) is 0.377. The van der Waals surface area contributed by atoms with Crippen LogP contribution in [0.4, 0.5) is 11.4 Å². The number of rotatable bonds is 6. The summed E-state index contributed by atoms with van der Waals surface area (Å²) in [7, 11) is 1.60. The van der Waals surface area contributed by atoms with Crippen LogP contribution in [0.2, 0.25) is 0 Å². The molecule has 1 heterocycles. The van der Waals surface area contributed by atoms with Gasteiger partial charge in [-0.25, -0.2) is 0 Å². The second kappa shape index (κ2) is 9.63. The molecule has 1 amide bonds. The Labute approximate surface area is 199 Å². The minimum atomic E-state index is -0.159. The van der Waals surface area contributed by atoms with Crippen LogP contribution in [0.5, 0.6) is 5.75 Å². The first-order valence-electron chi connectivity index (χ1n) is 11.2. The molecule has 0 fully saturated rings. The molecule has 1 unspecified atom stereocenters. The summed E-state index contributed by atoms with van der Waals surface area (Å²) in [5.41, 5.74) is 5.67. The zero-order valence-corrected chi connectivity index (χ0v) is 18.9. The van der Waals surface area contributed by atoms with Crippen LogP contribution in [-0.4, -0.2) is 18.7 Å². The van der Waals surface area contributed by atoms with Gasteiger partial charge in [0.05, 0.1) is 24.6 Å². The number of benzene rings is 4. The van der Waals surface area contributed by atoms with Gasteiger partial charge in [-0.05, 0) is 59.7 Å². The summed E-state index contributed by atoms with van der Waals surface area (Å²) in [6.07, 6.45) is 0.802. The summed E-state index contributed by atoms with van der Waals surface area (Å²) in [6, 6.07) is 35.8. The largest absolute Gasteiger partial charge is 0.497 e. The molecule has 0 radical (unpaired) electrons. The minimum Gasteiger partial charge on any atom is -0.497 e. The van der Waals surface area contributed by atoms with Crippen molar-refractivity contribution >= 4 is 23.0 Å². The molecule has 1 aliphatic heterocycles. The third kappa shape index (κ3) is 4.55. The number of para-hydroxylation sites is 1. The van der Waals surface area contributed by atoms with Gasteiger partial charge in [0, 0.05) is 17.7 Å². The topological polar surface area (TPSA) is 53.9 Å². The van der Waals surface area contributed by atoms with Crippen LogP contribution in [0.3, 0.4) is 0 Å². The van der Waals surface area contributed by atoms with Crippen molar-refractivity contribution in [1.29, 1.82) is 0 Å². The normalized spacial score (nSPS) is 15.0. The maximum atomic E-state index is 12.6. The molecule has 5 heteroatoms. The first-order chi connectivity index (χ1) is 16.7. The molecule has 4 aromatic carbocycles. The number of carbonyl (C=O) groups is 1. The lowest BCUT2D eigenvalue weighted by molar-refractivity contribution is 0.102. The Hall–Kier alpha value is -4.38. The Kier molecular flexibility index (Phi) is 6.08. The van der Waals surface area contributed by atoms with E-state index in [4.69, 9.17) is 9.84 Å². The van der Waals surface area contributed by atoms with Crippen LogP contribution in [-0.2, 0) is 0 Å². The first kappa shape index (κ1) is 21.5. The van der Waals surface area contributed by atoms with Gasteiger partial charge in [-0.3, -0.25) is 9.80 Å². The number of hydrazone groups is 1. The second-order valence-corrected chi connectivity index (χ2v) is 8.12. The number of ether oxygens (including phenoxy) is 1. The summed E-state index contributed by atoms with van der Waals surface area (Å²) in [5, 5.41) is 10.0. The minimum absolute atomic E-state index is 0.132. The number of hydrogen-bond donors (Lipinski definition) is 1. The first-order valence-corrected chi connectivity index (χ1v) is 11.2. The Balaban J connectivity index is 1.35. The second-order valence-electron chi connectivity index (χ2n) is 8.12. The number of amides is 1. The van der Waals surface area contributed by atoms with E-state index in [1.807, 2.05) is 48.5 Å². The predicted octanol–water partition coefficient (Wildman–Crippen LogP) is 6.30. The van der Waals surface area contributed by atoms with Crippen LogP contribution >= 0.6 is 0 Å². The number of hydrogen-bond acceptors (Lipinski definition) is 4. The van der Waals surface area contributed by atoms with Gasteiger partial charge in [0.1, 0.15) is 5.75 Å². The molecule has 168 valence electrons. The predicted molar refractivity (Wildman–Crippen MR) is 137 cm³/mol. The van der Waals surface area contributed by atoms with Gasteiger partial charge >= 0.3 is 0 Å². The van der Waals surface area contributed by atoms with Crippen LogP contribution in [0.1, 0.15) is 33.9 Å². The highest BCUT2D eigenvalue weighted by Gasteiger charge is 2.29. The third-order valence-electron chi connectivity index (χ3n) is 5.94. The molecule has 34 heavy (non-hydrogen) atoms. The molecule has 1 aliphatic rings. The number of methoxy groups -OCH3 is 1. The number of nitrogens with zero attached hydrogens (tertiary/aromatic N) is 2. The fourth-order valence-electron chi connectivity index (χ4n) is 4.13. The van der Waals surface area contributed by atoms with Crippen molar-refractivity contribution in [3.05, 3.63) is 126 Å².